The number of hydrogen-bond acceptors (Lipinski definition) is 2. The van der Waals surface area contributed by atoms with Gasteiger partial charge in [0.25, 0.3) is 0 Å². The molecule has 0 radical (unpaired) electrons. The first-order valence-electron chi connectivity index (χ1n) is 19.8. The predicted octanol–water partition coefficient (Wildman–Crippen LogP) is 15.4. The molecule has 0 saturated carbocycles. The van der Waals surface area contributed by atoms with E-state index in [0.717, 1.165) is 56.4 Å². The van der Waals surface area contributed by atoms with E-state index in [9.17, 15) is 0 Å². The van der Waals surface area contributed by atoms with Gasteiger partial charge in [-0.2, -0.15) is 0 Å². The van der Waals surface area contributed by atoms with E-state index in [-0.39, 0.29) is 5.41 Å². The number of ether oxygens (including phenoxy) is 1. The van der Waals surface area contributed by atoms with Gasteiger partial charge in [-0.05, 0) is 104 Å². The molecule has 0 bridgehead atoms. The van der Waals surface area contributed by atoms with E-state index in [1.165, 1.54) is 49.7 Å². The molecule has 0 N–H and O–H groups in total. The first-order valence-corrected chi connectivity index (χ1v) is 19.8. The zero-order valence-corrected chi connectivity index (χ0v) is 31.9. The van der Waals surface area contributed by atoms with Crippen LogP contribution in [-0.2, 0) is 5.41 Å². The van der Waals surface area contributed by atoms with Gasteiger partial charge in [0.2, 0.25) is 0 Å². The normalized spacial score (nSPS) is 13.0. The van der Waals surface area contributed by atoms with Crippen molar-refractivity contribution in [1.82, 2.24) is 0 Å². The number of para-hydroxylation sites is 1. The summed E-state index contributed by atoms with van der Waals surface area (Å²) in [6.07, 6.45) is 0. The molecular formula is C55H39NO. The van der Waals surface area contributed by atoms with Gasteiger partial charge in [0, 0.05) is 38.9 Å². The molecule has 2 aliphatic rings. The standard InChI is InChI=1S/C55H39NO/c1-55(2)49-23-13-11-19-42(49)43-32-30-41(34-50(43)55)56(40-28-25-38(26-29-40)36-15-5-3-6-16-36)51-35-48-45-31-27-39(37-17-7-4-8-18-37)33-53(45)57-52-24-14-12-22-47(52)54(48)46-21-10-9-20-44(46)51/h3-35H,1-2H3. The smallest absolute Gasteiger partial charge is 0.135 e. The average Bonchev–Trinajstić information content (AvgIpc) is 3.40. The maximum Gasteiger partial charge on any atom is 0.135 e. The van der Waals surface area contributed by atoms with E-state index in [0.29, 0.717) is 0 Å². The Bertz CT molecular complexity index is 3000. The first kappa shape index (κ1) is 33.2. The number of fused-ring (bicyclic) bond motifs is 10. The predicted molar refractivity (Wildman–Crippen MR) is 238 cm³/mol. The van der Waals surface area contributed by atoms with Crippen LogP contribution in [0.25, 0.3) is 66.4 Å². The highest BCUT2D eigenvalue weighted by atomic mass is 16.5. The van der Waals surface area contributed by atoms with Gasteiger partial charge in [-0.25, -0.2) is 0 Å². The lowest BCUT2D eigenvalue weighted by molar-refractivity contribution is 0.488. The third kappa shape index (κ3) is 5.33. The van der Waals surface area contributed by atoms with E-state index in [1.54, 1.807) is 0 Å². The summed E-state index contributed by atoms with van der Waals surface area (Å²) in [6.45, 7) is 4.71. The van der Waals surface area contributed by atoms with Gasteiger partial charge in [0.15, 0.2) is 0 Å². The maximum absolute atomic E-state index is 6.91. The van der Waals surface area contributed by atoms with Gasteiger partial charge < -0.3 is 9.64 Å². The number of hydrogen-bond donors (Lipinski definition) is 0. The van der Waals surface area contributed by atoms with Gasteiger partial charge in [-0.3, -0.25) is 0 Å². The second-order valence-corrected chi connectivity index (χ2v) is 15.7. The summed E-state index contributed by atoms with van der Waals surface area (Å²) in [7, 11) is 0. The molecule has 270 valence electrons. The minimum Gasteiger partial charge on any atom is -0.456 e. The van der Waals surface area contributed by atoms with Crippen LogP contribution in [0, 0.1) is 0 Å². The first-order chi connectivity index (χ1) is 28.0. The summed E-state index contributed by atoms with van der Waals surface area (Å²) in [5, 5.41) is 2.35. The van der Waals surface area contributed by atoms with Crippen LogP contribution in [0.2, 0.25) is 0 Å². The molecule has 0 spiro atoms. The Kier molecular flexibility index (Phi) is 7.55. The van der Waals surface area contributed by atoms with Crippen LogP contribution in [0.5, 0.6) is 11.5 Å². The van der Waals surface area contributed by atoms with Crippen molar-refractivity contribution in [3.63, 3.8) is 0 Å². The molecular weight excluding hydrogens is 691 g/mol. The monoisotopic (exact) mass is 729 g/mol. The average molecular weight is 730 g/mol. The molecule has 1 aliphatic heterocycles. The van der Waals surface area contributed by atoms with Crippen LogP contribution in [0.15, 0.2) is 200 Å². The molecule has 9 aromatic rings. The fourth-order valence-electron chi connectivity index (χ4n) is 9.26. The second-order valence-electron chi connectivity index (χ2n) is 15.7. The van der Waals surface area contributed by atoms with Gasteiger partial charge in [0.05, 0.1) is 5.69 Å². The molecule has 0 aromatic heterocycles. The fourth-order valence-corrected chi connectivity index (χ4v) is 9.26. The van der Waals surface area contributed by atoms with Crippen LogP contribution in [0.1, 0.15) is 25.0 Å². The second kappa shape index (κ2) is 13.0. The lowest BCUT2D eigenvalue weighted by Crippen LogP contribution is -2.16. The summed E-state index contributed by atoms with van der Waals surface area (Å²) in [5.41, 5.74) is 17.7. The fraction of sp³-hybridized carbons (Fsp3) is 0.0545. The van der Waals surface area contributed by atoms with E-state index < -0.39 is 0 Å². The molecule has 0 fully saturated rings. The zero-order chi connectivity index (χ0) is 38.1. The van der Waals surface area contributed by atoms with Crippen molar-refractivity contribution in [2.75, 3.05) is 4.90 Å². The highest BCUT2D eigenvalue weighted by Crippen LogP contribution is 2.55. The Labute approximate surface area is 333 Å². The molecule has 2 nitrogen and oxygen atoms in total. The largest absolute Gasteiger partial charge is 0.456 e. The summed E-state index contributed by atoms with van der Waals surface area (Å²) in [6, 6.07) is 72.6. The van der Waals surface area contributed by atoms with Crippen molar-refractivity contribution in [1.29, 1.82) is 0 Å². The third-order valence-corrected chi connectivity index (χ3v) is 12.1. The van der Waals surface area contributed by atoms with Crippen molar-refractivity contribution < 1.29 is 4.74 Å². The van der Waals surface area contributed by atoms with Crippen molar-refractivity contribution in [2.24, 2.45) is 0 Å². The molecule has 0 saturated heterocycles. The van der Waals surface area contributed by atoms with Crippen molar-refractivity contribution in [2.45, 2.75) is 19.3 Å². The summed E-state index contributed by atoms with van der Waals surface area (Å²) in [5.74, 6) is 1.70. The molecule has 11 rings (SSSR count). The lowest BCUT2D eigenvalue weighted by Gasteiger charge is -2.30. The van der Waals surface area contributed by atoms with E-state index >= 15 is 0 Å². The van der Waals surface area contributed by atoms with Crippen LogP contribution in [0.3, 0.4) is 0 Å². The Morgan fingerprint density at radius 1 is 0.368 bits per heavy atom. The molecule has 57 heavy (non-hydrogen) atoms. The van der Waals surface area contributed by atoms with Crippen molar-refractivity contribution in [3.8, 4) is 67.1 Å². The minimum atomic E-state index is -0.142. The zero-order valence-electron chi connectivity index (χ0n) is 31.9. The molecule has 0 amide bonds. The highest BCUT2D eigenvalue weighted by Gasteiger charge is 2.36. The summed E-state index contributed by atoms with van der Waals surface area (Å²) in [4.78, 5) is 2.46. The number of benzene rings is 9. The Morgan fingerprint density at radius 3 is 1.70 bits per heavy atom. The highest BCUT2D eigenvalue weighted by molar-refractivity contribution is 6.13. The maximum atomic E-state index is 6.91. The Morgan fingerprint density at radius 2 is 0.930 bits per heavy atom. The SMILES string of the molecule is CC1(C)c2ccccc2-c2ccc(N(c3ccc(-c4ccccc4)cc3)c3cc4c(c5ccccc35)-c3ccccc3Oc3cc(-c5ccccc5)ccc3-4)cc21. The molecule has 1 heterocycles. The number of anilines is 3. The molecule has 0 atom stereocenters. The van der Waals surface area contributed by atoms with E-state index in [2.05, 4.69) is 219 Å². The molecule has 0 unspecified atom stereocenters. The van der Waals surface area contributed by atoms with E-state index in [1.807, 2.05) is 0 Å². The minimum absolute atomic E-state index is 0.142. The van der Waals surface area contributed by atoms with E-state index in [4.69, 9.17) is 4.74 Å². The Balaban J connectivity index is 1.18. The van der Waals surface area contributed by atoms with Gasteiger partial charge in [-0.15, -0.1) is 0 Å². The molecule has 9 aromatic carbocycles. The number of nitrogens with zero attached hydrogens (tertiary/aromatic N) is 1. The van der Waals surface area contributed by atoms with Gasteiger partial charge in [0.1, 0.15) is 11.5 Å². The van der Waals surface area contributed by atoms with Crippen LogP contribution < -0.4 is 9.64 Å². The lowest BCUT2D eigenvalue weighted by atomic mass is 9.82. The van der Waals surface area contributed by atoms with Gasteiger partial charge >= 0.3 is 0 Å². The van der Waals surface area contributed by atoms with Crippen LogP contribution >= 0.6 is 0 Å². The summed E-state index contributed by atoms with van der Waals surface area (Å²) >= 11 is 0. The molecule has 1 aliphatic carbocycles. The molecule has 2 heteroatoms. The quantitative estimate of drug-likeness (QED) is 0.175. The third-order valence-electron chi connectivity index (χ3n) is 12.1. The van der Waals surface area contributed by atoms with Crippen molar-refractivity contribution >= 4 is 27.8 Å². The van der Waals surface area contributed by atoms with Crippen molar-refractivity contribution in [3.05, 3.63) is 211 Å². The van der Waals surface area contributed by atoms with Gasteiger partial charge in [-0.1, -0.05) is 166 Å². The van der Waals surface area contributed by atoms with Crippen LogP contribution in [-0.4, -0.2) is 0 Å². The Hall–Kier alpha value is -7.16. The number of rotatable bonds is 5. The summed E-state index contributed by atoms with van der Waals surface area (Å²) < 4.78 is 6.91. The topological polar surface area (TPSA) is 12.5 Å². The van der Waals surface area contributed by atoms with Crippen LogP contribution in [0.4, 0.5) is 17.1 Å².